The number of hydroxylamine groups is 1. The van der Waals surface area contributed by atoms with E-state index in [0.717, 1.165) is 26.2 Å². The first kappa shape index (κ1) is 18.0. The zero-order valence-electron chi connectivity index (χ0n) is 14.7. The second kappa shape index (κ2) is 8.55. The van der Waals surface area contributed by atoms with Crippen LogP contribution in [0.3, 0.4) is 0 Å². The van der Waals surface area contributed by atoms with Gasteiger partial charge in [-0.05, 0) is 12.5 Å². The number of hydrogen-bond donors (Lipinski definition) is 2. The number of aromatic nitrogens is 2. The quantitative estimate of drug-likeness (QED) is 0.630. The summed E-state index contributed by atoms with van der Waals surface area (Å²) in [6.45, 7) is 5.70. The number of hydrogen-bond acceptors (Lipinski definition) is 6. The zero-order chi connectivity index (χ0) is 18.4. The fourth-order valence-electron chi connectivity index (χ4n) is 2.93. The maximum absolute atomic E-state index is 11.3. The minimum Gasteiger partial charge on any atom is -0.338 e. The van der Waals surface area contributed by atoms with Crippen LogP contribution >= 0.6 is 0 Å². The number of nitrogens with one attached hydrogen (secondary N) is 1. The largest absolute Gasteiger partial charge is 0.338 e. The molecule has 1 atom stereocenters. The van der Waals surface area contributed by atoms with Crippen molar-refractivity contribution in [1.29, 1.82) is 0 Å². The van der Waals surface area contributed by atoms with Crippen LogP contribution in [0.4, 0.5) is 5.95 Å². The van der Waals surface area contributed by atoms with Crippen LogP contribution in [-0.2, 0) is 0 Å². The lowest BCUT2D eigenvalue weighted by atomic mass is 10.1. The molecule has 1 saturated heterocycles. The van der Waals surface area contributed by atoms with E-state index in [-0.39, 0.29) is 5.56 Å². The Labute approximate surface area is 152 Å². The smallest absolute Gasteiger partial charge is 0.277 e. The SMILES string of the molecule is CC(/C=C/c1ccccc1)N1CCN(c2ncc(C(=O)NO)cn2)CC1. The van der Waals surface area contributed by atoms with Crippen LogP contribution in [0.25, 0.3) is 6.08 Å². The van der Waals surface area contributed by atoms with E-state index >= 15 is 0 Å². The van der Waals surface area contributed by atoms with Crippen molar-refractivity contribution >= 4 is 17.9 Å². The highest BCUT2D eigenvalue weighted by atomic mass is 16.5. The fraction of sp³-hybridized carbons (Fsp3) is 0.316. The molecule has 1 amide bonds. The average Bonchev–Trinajstić information content (AvgIpc) is 2.72. The van der Waals surface area contributed by atoms with Gasteiger partial charge in [-0.25, -0.2) is 15.4 Å². The highest BCUT2D eigenvalue weighted by molar-refractivity contribution is 5.92. The number of anilines is 1. The van der Waals surface area contributed by atoms with Crippen molar-refractivity contribution in [3.8, 4) is 0 Å². The third kappa shape index (κ3) is 4.44. The first-order chi connectivity index (χ1) is 12.7. The van der Waals surface area contributed by atoms with Crippen molar-refractivity contribution in [3.05, 3.63) is 59.9 Å². The molecule has 3 rings (SSSR count). The Morgan fingerprint density at radius 1 is 1.15 bits per heavy atom. The molecule has 7 nitrogen and oxygen atoms in total. The van der Waals surface area contributed by atoms with E-state index in [1.54, 1.807) is 5.48 Å². The molecule has 2 N–H and O–H groups in total. The molecule has 1 aromatic heterocycles. The minimum atomic E-state index is -0.611. The highest BCUT2D eigenvalue weighted by Gasteiger charge is 2.21. The summed E-state index contributed by atoms with van der Waals surface area (Å²) in [5, 5.41) is 8.63. The van der Waals surface area contributed by atoms with E-state index in [2.05, 4.69) is 51.0 Å². The summed E-state index contributed by atoms with van der Waals surface area (Å²) in [7, 11) is 0. The summed E-state index contributed by atoms with van der Waals surface area (Å²) < 4.78 is 0. The molecule has 0 saturated carbocycles. The van der Waals surface area contributed by atoms with Crippen molar-refractivity contribution in [2.45, 2.75) is 13.0 Å². The van der Waals surface area contributed by atoms with Crippen molar-refractivity contribution in [2.75, 3.05) is 31.1 Å². The van der Waals surface area contributed by atoms with Gasteiger partial charge in [0.05, 0.1) is 5.56 Å². The molecule has 1 aromatic carbocycles. The second-order valence-corrected chi connectivity index (χ2v) is 6.25. The van der Waals surface area contributed by atoms with Gasteiger partial charge in [0.15, 0.2) is 0 Å². The monoisotopic (exact) mass is 353 g/mol. The predicted molar refractivity (Wildman–Crippen MR) is 100 cm³/mol. The molecule has 1 fully saturated rings. The van der Waals surface area contributed by atoms with Crippen LogP contribution in [0, 0.1) is 0 Å². The van der Waals surface area contributed by atoms with Crippen LogP contribution in [0.2, 0.25) is 0 Å². The average molecular weight is 353 g/mol. The molecule has 2 aromatic rings. The first-order valence-corrected chi connectivity index (χ1v) is 8.66. The van der Waals surface area contributed by atoms with E-state index in [1.165, 1.54) is 18.0 Å². The van der Waals surface area contributed by atoms with Crippen LogP contribution in [0.5, 0.6) is 0 Å². The van der Waals surface area contributed by atoms with Gasteiger partial charge in [0.1, 0.15) is 0 Å². The van der Waals surface area contributed by atoms with Crippen molar-refractivity contribution in [1.82, 2.24) is 20.3 Å². The fourth-order valence-corrected chi connectivity index (χ4v) is 2.93. The van der Waals surface area contributed by atoms with E-state index in [9.17, 15) is 4.79 Å². The Morgan fingerprint density at radius 3 is 2.42 bits per heavy atom. The summed E-state index contributed by atoms with van der Waals surface area (Å²) >= 11 is 0. The van der Waals surface area contributed by atoms with Crippen molar-refractivity contribution in [2.24, 2.45) is 0 Å². The molecule has 0 bridgehead atoms. The van der Waals surface area contributed by atoms with Gasteiger partial charge in [-0.1, -0.05) is 42.5 Å². The molecular formula is C19H23N5O2. The lowest BCUT2D eigenvalue weighted by Gasteiger charge is -2.37. The zero-order valence-corrected chi connectivity index (χ0v) is 14.7. The number of carbonyl (C=O) groups excluding carboxylic acids is 1. The van der Waals surface area contributed by atoms with Gasteiger partial charge in [0, 0.05) is 44.6 Å². The molecule has 7 heteroatoms. The summed E-state index contributed by atoms with van der Waals surface area (Å²) in [6.07, 6.45) is 7.23. The van der Waals surface area contributed by atoms with E-state index in [4.69, 9.17) is 5.21 Å². The van der Waals surface area contributed by atoms with E-state index in [0.29, 0.717) is 12.0 Å². The lowest BCUT2D eigenvalue weighted by Crippen LogP contribution is -2.49. The van der Waals surface area contributed by atoms with Crippen molar-refractivity contribution < 1.29 is 10.0 Å². The Hall–Kier alpha value is -2.77. The highest BCUT2D eigenvalue weighted by Crippen LogP contribution is 2.14. The normalized spacial score (nSPS) is 16.6. The Balaban J connectivity index is 1.53. The predicted octanol–water partition coefficient (Wildman–Crippen LogP) is 1.82. The van der Waals surface area contributed by atoms with E-state index in [1.807, 2.05) is 18.2 Å². The molecule has 136 valence electrons. The maximum atomic E-state index is 11.3. The van der Waals surface area contributed by atoms with E-state index < -0.39 is 5.91 Å². The minimum absolute atomic E-state index is 0.231. The molecule has 0 radical (unpaired) electrons. The summed E-state index contributed by atoms with van der Waals surface area (Å²) in [6, 6.07) is 10.6. The van der Waals surface area contributed by atoms with Crippen LogP contribution in [-0.4, -0.2) is 58.2 Å². The lowest BCUT2D eigenvalue weighted by molar-refractivity contribution is 0.0705. The third-order valence-corrected chi connectivity index (χ3v) is 4.54. The van der Waals surface area contributed by atoms with Gasteiger partial charge in [-0.2, -0.15) is 0 Å². The number of carbonyl (C=O) groups is 1. The molecule has 0 aliphatic carbocycles. The van der Waals surface area contributed by atoms with Gasteiger partial charge in [0.2, 0.25) is 5.95 Å². The number of amides is 1. The number of nitrogens with zero attached hydrogens (tertiary/aromatic N) is 4. The molecule has 1 aliphatic rings. The van der Waals surface area contributed by atoms with Crippen LogP contribution in [0.1, 0.15) is 22.8 Å². The number of piperazine rings is 1. The van der Waals surface area contributed by atoms with Gasteiger partial charge in [-0.3, -0.25) is 14.9 Å². The molecular weight excluding hydrogens is 330 g/mol. The first-order valence-electron chi connectivity index (χ1n) is 8.66. The summed E-state index contributed by atoms with van der Waals surface area (Å²) in [5.74, 6) is -0.00739. The van der Waals surface area contributed by atoms with Gasteiger partial charge >= 0.3 is 0 Å². The second-order valence-electron chi connectivity index (χ2n) is 6.25. The summed E-state index contributed by atoms with van der Waals surface area (Å²) in [5.41, 5.74) is 3.01. The summed E-state index contributed by atoms with van der Waals surface area (Å²) in [4.78, 5) is 24.3. The third-order valence-electron chi connectivity index (χ3n) is 4.54. The number of benzene rings is 1. The molecule has 2 heterocycles. The number of rotatable bonds is 5. The molecule has 0 spiro atoms. The Kier molecular flexibility index (Phi) is 5.93. The standard InChI is InChI=1S/C19H23N5O2/c1-15(7-8-16-5-3-2-4-6-16)23-9-11-24(12-10-23)19-20-13-17(14-21-19)18(25)22-26/h2-8,13-15,26H,9-12H2,1H3,(H,22,25)/b8-7+. The molecule has 1 unspecified atom stereocenters. The van der Waals surface area contributed by atoms with Crippen molar-refractivity contribution in [3.63, 3.8) is 0 Å². The molecule has 26 heavy (non-hydrogen) atoms. The molecule has 1 aliphatic heterocycles. The van der Waals surface area contributed by atoms with Gasteiger partial charge < -0.3 is 4.90 Å². The van der Waals surface area contributed by atoms with Gasteiger partial charge in [-0.15, -0.1) is 0 Å². The topological polar surface area (TPSA) is 81.6 Å². The van der Waals surface area contributed by atoms with Gasteiger partial charge in [0.25, 0.3) is 5.91 Å². The van der Waals surface area contributed by atoms with Crippen LogP contribution in [0.15, 0.2) is 48.8 Å². The Bertz CT molecular complexity index is 740. The van der Waals surface area contributed by atoms with Crippen LogP contribution < -0.4 is 10.4 Å². The maximum Gasteiger partial charge on any atom is 0.277 e. The Morgan fingerprint density at radius 2 is 1.81 bits per heavy atom.